The van der Waals surface area contributed by atoms with Crippen molar-refractivity contribution in [3.05, 3.63) is 83.1 Å². The van der Waals surface area contributed by atoms with Crippen molar-refractivity contribution in [1.82, 2.24) is 19.9 Å². The van der Waals surface area contributed by atoms with Crippen molar-refractivity contribution < 1.29 is 0 Å². The molecule has 0 saturated carbocycles. The number of benzene rings is 1. The highest BCUT2D eigenvalue weighted by Gasteiger charge is 2.11. The Hall–Kier alpha value is -3.95. The third-order valence-electron chi connectivity index (χ3n) is 5.14. The summed E-state index contributed by atoms with van der Waals surface area (Å²) < 4.78 is 0. The zero-order chi connectivity index (χ0) is 21.8. The van der Waals surface area contributed by atoms with E-state index in [1.807, 2.05) is 56.8 Å². The van der Waals surface area contributed by atoms with Crippen LogP contribution in [0.15, 0.2) is 55.1 Å². The topological polar surface area (TPSA) is 80.6 Å². The number of hydrogen-bond acceptors (Lipinski definition) is 5. The normalized spacial score (nSPS) is 11.3. The van der Waals surface area contributed by atoms with Crippen LogP contribution in [0.3, 0.4) is 0 Å². The summed E-state index contributed by atoms with van der Waals surface area (Å²) in [7, 11) is 4.07. The number of nitrogens with zero attached hydrogens (tertiary/aromatic N) is 4. The number of aryl methyl sites for hydroxylation is 1. The highest BCUT2D eigenvalue weighted by Crippen LogP contribution is 2.31. The van der Waals surface area contributed by atoms with E-state index in [9.17, 15) is 5.26 Å². The lowest BCUT2D eigenvalue weighted by Crippen LogP contribution is -2.10. The summed E-state index contributed by atoms with van der Waals surface area (Å²) in [6, 6.07) is 12.4. The summed E-state index contributed by atoms with van der Waals surface area (Å²) in [6.45, 7) is 2.92. The monoisotopic (exact) mass is 408 g/mol. The second kappa shape index (κ2) is 8.82. The Morgan fingerprint density at radius 2 is 1.97 bits per heavy atom. The number of hydrogen-bond donors (Lipinski definition) is 2. The number of pyridine rings is 2. The Morgan fingerprint density at radius 1 is 1.10 bits per heavy atom. The first-order valence-corrected chi connectivity index (χ1v) is 10.0. The molecule has 4 rings (SSSR count). The summed E-state index contributed by atoms with van der Waals surface area (Å²) >= 11 is 0. The number of H-pyrrole nitrogens is 1. The molecule has 0 bridgehead atoms. The average Bonchev–Trinajstić information content (AvgIpc) is 3.25. The molecule has 31 heavy (non-hydrogen) atoms. The fourth-order valence-corrected chi connectivity index (χ4v) is 3.55. The molecule has 0 aliphatic heterocycles. The number of anilines is 2. The molecule has 0 aliphatic rings. The minimum absolute atomic E-state index is 0.491. The summed E-state index contributed by atoms with van der Waals surface area (Å²) in [5, 5.41) is 14.2. The van der Waals surface area contributed by atoms with Crippen LogP contribution in [0.5, 0.6) is 0 Å². The molecule has 0 spiro atoms. The maximum Gasteiger partial charge on any atom is 0.103 e. The van der Waals surface area contributed by atoms with Gasteiger partial charge in [0, 0.05) is 53.5 Å². The van der Waals surface area contributed by atoms with Gasteiger partial charge in [0.1, 0.15) is 6.07 Å². The van der Waals surface area contributed by atoms with Crippen LogP contribution in [0.1, 0.15) is 27.9 Å². The van der Waals surface area contributed by atoms with E-state index in [4.69, 9.17) is 0 Å². The zero-order valence-electron chi connectivity index (χ0n) is 17.8. The van der Waals surface area contributed by atoms with Gasteiger partial charge in [-0.2, -0.15) is 5.26 Å². The smallest absolute Gasteiger partial charge is 0.103 e. The minimum atomic E-state index is 0.491. The Balaban J connectivity index is 1.65. The molecular weight excluding hydrogens is 384 g/mol. The van der Waals surface area contributed by atoms with Crippen molar-refractivity contribution >= 4 is 34.4 Å². The number of nitrogens with one attached hydrogen (secondary N) is 2. The van der Waals surface area contributed by atoms with E-state index in [1.165, 1.54) is 0 Å². The SMILES string of the molecule is Cc1c(Nc2c(C#N)cncc2/C=C/c2ccc(CN(C)C)cn2)ccc2[nH]ccc12. The van der Waals surface area contributed by atoms with Crippen molar-refractivity contribution in [1.29, 1.82) is 5.26 Å². The van der Waals surface area contributed by atoms with Crippen molar-refractivity contribution in [2.75, 3.05) is 19.4 Å². The maximum atomic E-state index is 9.64. The van der Waals surface area contributed by atoms with Gasteiger partial charge < -0.3 is 15.2 Å². The first kappa shape index (κ1) is 20.3. The van der Waals surface area contributed by atoms with Crippen LogP contribution in [-0.2, 0) is 6.54 Å². The third-order valence-corrected chi connectivity index (χ3v) is 5.14. The van der Waals surface area contributed by atoms with Gasteiger partial charge in [-0.15, -0.1) is 0 Å². The van der Waals surface area contributed by atoms with Crippen LogP contribution in [0.4, 0.5) is 11.4 Å². The molecule has 0 radical (unpaired) electrons. The highest BCUT2D eigenvalue weighted by molar-refractivity contribution is 5.90. The number of fused-ring (bicyclic) bond motifs is 1. The lowest BCUT2D eigenvalue weighted by atomic mass is 10.1. The van der Waals surface area contributed by atoms with Crippen molar-refractivity contribution in [3.63, 3.8) is 0 Å². The van der Waals surface area contributed by atoms with Gasteiger partial charge in [0.25, 0.3) is 0 Å². The number of nitriles is 1. The Morgan fingerprint density at radius 3 is 2.71 bits per heavy atom. The highest BCUT2D eigenvalue weighted by atomic mass is 15.0. The molecule has 0 atom stereocenters. The molecule has 4 aromatic rings. The molecule has 1 aromatic carbocycles. The average molecular weight is 409 g/mol. The Bertz CT molecular complexity index is 1280. The van der Waals surface area contributed by atoms with Gasteiger partial charge in [0.15, 0.2) is 0 Å². The van der Waals surface area contributed by atoms with Gasteiger partial charge in [0.2, 0.25) is 0 Å². The van der Waals surface area contributed by atoms with Crippen LogP contribution in [-0.4, -0.2) is 33.9 Å². The summed E-state index contributed by atoms with van der Waals surface area (Å²) in [5.41, 5.74) is 7.21. The van der Waals surface area contributed by atoms with Gasteiger partial charge in [-0.25, -0.2) is 0 Å². The molecule has 6 nitrogen and oxygen atoms in total. The third kappa shape index (κ3) is 4.47. The minimum Gasteiger partial charge on any atom is -0.361 e. The molecule has 2 N–H and O–H groups in total. The predicted molar refractivity (Wildman–Crippen MR) is 126 cm³/mol. The van der Waals surface area contributed by atoms with Gasteiger partial charge in [-0.3, -0.25) is 9.97 Å². The van der Waals surface area contributed by atoms with E-state index in [-0.39, 0.29) is 0 Å². The van der Waals surface area contributed by atoms with E-state index in [2.05, 4.69) is 50.3 Å². The molecule has 0 fully saturated rings. The molecule has 0 saturated heterocycles. The van der Waals surface area contributed by atoms with Crippen LogP contribution in [0.2, 0.25) is 0 Å². The van der Waals surface area contributed by atoms with E-state index in [0.717, 1.165) is 51.2 Å². The first-order valence-electron chi connectivity index (χ1n) is 10.0. The standard InChI is InChI=1S/C25H24N6/c1-17-22-10-11-28-24(22)9-8-23(17)30-25-19(14-27-15-20(25)12-26)5-7-21-6-4-18(13-29-21)16-31(2)3/h4-11,13-15,28H,16H2,1-3H3,(H,27,30)/b7-5+. The van der Waals surface area contributed by atoms with Gasteiger partial charge >= 0.3 is 0 Å². The molecule has 6 heteroatoms. The summed E-state index contributed by atoms with van der Waals surface area (Å²) in [5.74, 6) is 0. The number of aromatic nitrogens is 3. The maximum absolute atomic E-state index is 9.64. The molecular formula is C25H24N6. The lowest BCUT2D eigenvalue weighted by Gasteiger charge is -2.14. The predicted octanol–water partition coefficient (Wildman–Crippen LogP) is 5.11. The molecule has 0 aliphatic carbocycles. The molecule has 3 heterocycles. The largest absolute Gasteiger partial charge is 0.361 e. The van der Waals surface area contributed by atoms with E-state index in [0.29, 0.717) is 5.56 Å². The fourth-order valence-electron chi connectivity index (χ4n) is 3.55. The van der Waals surface area contributed by atoms with Gasteiger partial charge in [-0.1, -0.05) is 6.07 Å². The Kier molecular flexibility index (Phi) is 5.78. The molecule has 154 valence electrons. The van der Waals surface area contributed by atoms with E-state index in [1.54, 1.807) is 12.4 Å². The van der Waals surface area contributed by atoms with Crippen LogP contribution in [0, 0.1) is 18.3 Å². The first-order chi connectivity index (χ1) is 15.0. The van der Waals surface area contributed by atoms with Crippen LogP contribution >= 0.6 is 0 Å². The van der Waals surface area contributed by atoms with Crippen molar-refractivity contribution in [2.24, 2.45) is 0 Å². The zero-order valence-corrected chi connectivity index (χ0v) is 17.8. The number of rotatable bonds is 6. The van der Waals surface area contributed by atoms with Crippen LogP contribution in [0.25, 0.3) is 23.1 Å². The fraction of sp³-hybridized carbons (Fsp3) is 0.160. The van der Waals surface area contributed by atoms with Crippen molar-refractivity contribution in [2.45, 2.75) is 13.5 Å². The summed E-state index contributed by atoms with van der Waals surface area (Å²) in [6.07, 6.45) is 11.0. The van der Waals surface area contributed by atoms with Gasteiger partial charge in [0.05, 0.1) is 16.9 Å². The second-order valence-electron chi connectivity index (χ2n) is 7.73. The Labute approximate surface area is 181 Å². The van der Waals surface area contributed by atoms with E-state index < -0.39 is 0 Å². The summed E-state index contributed by atoms with van der Waals surface area (Å²) in [4.78, 5) is 14.1. The lowest BCUT2D eigenvalue weighted by molar-refractivity contribution is 0.402. The quantitative estimate of drug-likeness (QED) is 0.463. The molecule has 0 unspecified atom stereocenters. The van der Waals surface area contributed by atoms with E-state index >= 15 is 0 Å². The molecule has 0 amide bonds. The number of aromatic amines is 1. The van der Waals surface area contributed by atoms with Crippen molar-refractivity contribution in [3.8, 4) is 6.07 Å². The second-order valence-corrected chi connectivity index (χ2v) is 7.73. The molecule has 3 aromatic heterocycles. The van der Waals surface area contributed by atoms with Gasteiger partial charge in [-0.05, 0) is 68.6 Å². The van der Waals surface area contributed by atoms with Crippen LogP contribution < -0.4 is 5.32 Å².